The molecule has 1 saturated heterocycles. The predicted molar refractivity (Wildman–Crippen MR) is 73.9 cm³/mol. The minimum absolute atomic E-state index is 0.0214. The Bertz CT molecular complexity index is 770. The molecule has 0 radical (unpaired) electrons. The number of fused-ring (bicyclic) bond motifs is 1. The third-order valence-electron chi connectivity index (χ3n) is 4.41. The van der Waals surface area contributed by atoms with Crippen LogP contribution in [0.25, 0.3) is 5.52 Å². The Morgan fingerprint density at radius 1 is 1.59 bits per heavy atom. The summed E-state index contributed by atoms with van der Waals surface area (Å²) in [5.74, 6) is -1.33. The molecular weight excluding hydrogens is 292 g/mol. The molecule has 116 valence electrons. The van der Waals surface area contributed by atoms with E-state index in [0.717, 1.165) is 12.4 Å². The average molecular weight is 307 g/mol. The SMILES string of the molecule is CC[C@@]1(C#N)O[C@@H](c2cc(F)c3c(N)ncnn23)[C@H](F)[C@@H]1C. The molecular formula is C14H15F2N5O. The van der Waals surface area contributed by atoms with Crippen LogP contribution in [0.5, 0.6) is 0 Å². The van der Waals surface area contributed by atoms with Crippen LogP contribution < -0.4 is 5.73 Å². The number of hydrogen-bond donors (Lipinski definition) is 1. The van der Waals surface area contributed by atoms with Crippen molar-refractivity contribution in [1.82, 2.24) is 14.6 Å². The Morgan fingerprint density at radius 2 is 2.32 bits per heavy atom. The normalized spacial score (nSPS) is 31.5. The maximum Gasteiger partial charge on any atom is 0.160 e. The number of ether oxygens (including phenoxy) is 1. The summed E-state index contributed by atoms with van der Waals surface area (Å²) >= 11 is 0. The van der Waals surface area contributed by atoms with Crippen molar-refractivity contribution >= 4 is 11.3 Å². The van der Waals surface area contributed by atoms with Crippen LogP contribution in [-0.4, -0.2) is 26.4 Å². The van der Waals surface area contributed by atoms with Crippen LogP contribution in [0.1, 0.15) is 32.1 Å². The number of rotatable bonds is 2. The maximum absolute atomic E-state index is 14.7. The van der Waals surface area contributed by atoms with Gasteiger partial charge in [-0.3, -0.25) is 0 Å². The number of nitriles is 1. The van der Waals surface area contributed by atoms with Crippen LogP contribution in [0.3, 0.4) is 0 Å². The largest absolute Gasteiger partial charge is 0.382 e. The third kappa shape index (κ3) is 1.78. The van der Waals surface area contributed by atoms with Crippen LogP contribution in [0.4, 0.5) is 14.6 Å². The molecule has 3 heterocycles. The van der Waals surface area contributed by atoms with Crippen molar-refractivity contribution in [3.8, 4) is 6.07 Å². The summed E-state index contributed by atoms with van der Waals surface area (Å²) in [5, 5.41) is 13.3. The van der Waals surface area contributed by atoms with E-state index in [1.54, 1.807) is 13.8 Å². The average Bonchev–Trinajstić information content (AvgIpc) is 2.98. The number of nitrogens with two attached hydrogens (primary N) is 1. The standard InChI is InChI=1S/C14H15F2N5O/c1-3-14(5-17)7(2)10(16)12(22-14)9-4-8(15)11-13(18)19-6-20-21(9)11/h4,6-7,10,12H,3H2,1-2H3,(H2,18,19,20)/t7-,10+,12-,14-/m0/s1. The molecule has 1 aliphatic heterocycles. The topological polar surface area (TPSA) is 89.2 Å². The van der Waals surface area contributed by atoms with Gasteiger partial charge in [-0.25, -0.2) is 18.3 Å². The van der Waals surface area contributed by atoms with Crippen molar-refractivity contribution in [2.24, 2.45) is 5.92 Å². The van der Waals surface area contributed by atoms with Crippen LogP contribution in [0.2, 0.25) is 0 Å². The van der Waals surface area contributed by atoms with Gasteiger partial charge in [0.25, 0.3) is 0 Å². The van der Waals surface area contributed by atoms with Crippen LogP contribution in [0, 0.1) is 23.1 Å². The molecule has 0 amide bonds. The number of nitrogens with zero attached hydrogens (tertiary/aromatic N) is 4. The molecule has 6 nitrogen and oxygen atoms in total. The second-order valence-electron chi connectivity index (χ2n) is 5.45. The predicted octanol–water partition coefficient (Wildman–Crippen LogP) is 2.17. The first-order valence-electron chi connectivity index (χ1n) is 6.96. The monoisotopic (exact) mass is 307 g/mol. The van der Waals surface area contributed by atoms with Crippen molar-refractivity contribution in [3.63, 3.8) is 0 Å². The highest BCUT2D eigenvalue weighted by Crippen LogP contribution is 2.47. The molecule has 3 rings (SSSR count). The summed E-state index contributed by atoms with van der Waals surface area (Å²) < 4.78 is 35.6. The number of hydrogen-bond acceptors (Lipinski definition) is 5. The summed E-state index contributed by atoms with van der Waals surface area (Å²) in [5.41, 5.74) is 4.57. The zero-order valence-corrected chi connectivity index (χ0v) is 12.1. The van der Waals surface area contributed by atoms with Crippen LogP contribution >= 0.6 is 0 Å². The molecule has 0 saturated carbocycles. The maximum atomic E-state index is 14.7. The zero-order valence-electron chi connectivity index (χ0n) is 12.1. The highest BCUT2D eigenvalue weighted by atomic mass is 19.1. The van der Waals surface area contributed by atoms with Gasteiger partial charge in [-0.15, -0.1) is 0 Å². The van der Waals surface area contributed by atoms with Gasteiger partial charge in [0.15, 0.2) is 17.2 Å². The van der Waals surface area contributed by atoms with E-state index in [1.807, 2.05) is 0 Å². The first-order valence-corrected chi connectivity index (χ1v) is 6.96. The Morgan fingerprint density at radius 3 is 2.91 bits per heavy atom. The lowest BCUT2D eigenvalue weighted by molar-refractivity contribution is -0.0255. The van der Waals surface area contributed by atoms with Gasteiger partial charge in [-0.05, 0) is 6.42 Å². The third-order valence-corrected chi connectivity index (χ3v) is 4.41. The Kier molecular flexibility index (Phi) is 3.25. The van der Waals surface area contributed by atoms with Gasteiger partial charge in [0.05, 0.1) is 11.8 Å². The molecule has 4 atom stereocenters. The number of halogens is 2. The molecule has 0 bridgehead atoms. The number of alkyl halides is 1. The summed E-state index contributed by atoms with van der Waals surface area (Å²) in [7, 11) is 0. The van der Waals surface area contributed by atoms with Gasteiger partial charge in [0.2, 0.25) is 0 Å². The van der Waals surface area contributed by atoms with E-state index in [-0.39, 0.29) is 17.0 Å². The van der Waals surface area contributed by atoms with Crippen LogP contribution in [0.15, 0.2) is 12.4 Å². The van der Waals surface area contributed by atoms with E-state index in [1.165, 1.54) is 4.52 Å². The summed E-state index contributed by atoms with van der Waals surface area (Å²) in [6.45, 7) is 3.37. The van der Waals surface area contributed by atoms with Crippen molar-refractivity contribution in [1.29, 1.82) is 5.26 Å². The second-order valence-corrected chi connectivity index (χ2v) is 5.45. The second kappa shape index (κ2) is 4.88. The van der Waals surface area contributed by atoms with E-state index in [9.17, 15) is 14.0 Å². The van der Waals surface area contributed by atoms with E-state index in [2.05, 4.69) is 16.2 Å². The first kappa shape index (κ1) is 14.7. The van der Waals surface area contributed by atoms with Gasteiger partial charge in [0, 0.05) is 12.0 Å². The quantitative estimate of drug-likeness (QED) is 0.918. The van der Waals surface area contributed by atoms with E-state index in [0.29, 0.717) is 6.42 Å². The van der Waals surface area contributed by atoms with E-state index >= 15 is 0 Å². The van der Waals surface area contributed by atoms with Gasteiger partial charge in [-0.1, -0.05) is 13.8 Å². The molecule has 0 spiro atoms. The lowest BCUT2D eigenvalue weighted by atomic mass is 9.86. The van der Waals surface area contributed by atoms with Gasteiger partial charge >= 0.3 is 0 Å². The summed E-state index contributed by atoms with van der Waals surface area (Å²) in [4.78, 5) is 3.72. The fraction of sp³-hybridized carbons (Fsp3) is 0.500. The number of nitrogen functional groups attached to an aromatic ring is 1. The minimum atomic E-state index is -1.45. The van der Waals surface area contributed by atoms with Gasteiger partial charge in [0.1, 0.15) is 24.1 Å². The highest BCUT2D eigenvalue weighted by molar-refractivity contribution is 5.66. The molecule has 0 unspecified atom stereocenters. The lowest BCUT2D eigenvalue weighted by Gasteiger charge is -2.23. The zero-order chi connectivity index (χ0) is 16.1. The summed E-state index contributed by atoms with van der Waals surface area (Å²) in [6, 6.07) is 3.18. The van der Waals surface area contributed by atoms with Gasteiger partial charge in [-0.2, -0.15) is 10.4 Å². The molecule has 2 aromatic rings. The lowest BCUT2D eigenvalue weighted by Crippen LogP contribution is -2.33. The van der Waals surface area contributed by atoms with E-state index in [4.69, 9.17) is 10.5 Å². The Labute approximate surface area is 125 Å². The van der Waals surface area contributed by atoms with Crippen LogP contribution in [-0.2, 0) is 4.74 Å². The Balaban J connectivity index is 2.14. The fourth-order valence-electron chi connectivity index (χ4n) is 3.00. The molecule has 2 N–H and O–H groups in total. The molecule has 1 aliphatic rings. The molecule has 1 fully saturated rings. The van der Waals surface area contributed by atoms with Crippen molar-refractivity contribution in [2.75, 3.05) is 5.73 Å². The molecule has 22 heavy (non-hydrogen) atoms. The fourth-order valence-corrected chi connectivity index (χ4v) is 3.00. The number of anilines is 1. The smallest absolute Gasteiger partial charge is 0.160 e. The number of aromatic nitrogens is 3. The van der Waals surface area contributed by atoms with E-state index < -0.39 is 29.6 Å². The minimum Gasteiger partial charge on any atom is -0.382 e. The van der Waals surface area contributed by atoms with Gasteiger partial charge < -0.3 is 10.5 Å². The summed E-state index contributed by atoms with van der Waals surface area (Å²) in [6.07, 6.45) is -1.03. The molecule has 0 aromatic carbocycles. The molecule has 8 heteroatoms. The van der Waals surface area contributed by atoms with Crippen molar-refractivity contribution < 1.29 is 13.5 Å². The molecule has 0 aliphatic carbocycles. The van der Waals surface area contributed by atoms with Crippen molar-refractivity contribution in [3.05, 3.63) is 23.9 Å². The highest BCUT2D eigenvalue weighted by Gasteiger charge is 2.54. The Hall–Kier alpha value is -2.27. The first-order chi connectivity index (χ1) is 10.4. The van der Waals surface area contributed by atoms with Crippen molar-refractivity contribution in [2.45, 2.75) is 38.1 Å². The molecule has 2 aromatic heterocycles.